The molecule has 0 spiro atoms. The summed E-state index contributed by atoms with van der Waals surface area (Å²) < 4.78 is 4.83. The van der Waals surface area contributed by atoms with Crippen molar-refractivity contribution in [3.8, 4) is 25.7 Å². The quantitative estimate of drug-likeness (QED) is 0.510. The Balaban J connectivity index is -0.0000000771. The molecule has 1 nitrogen and oxygen atoms in total. The minimum Gasteiger partial charge on any atom is -0.382 e. The molecule has 0 aliphatic carbocycles. The monoisotopic (exact) mass is 126 g/mol. The van der Waals surface area contributed by atoms with Crippen molar-refractivity contribution in [1.82, 2.24) is 0 Å². The molecule has 0 amide bonds. The van der Waals surface area contributed by atoms with Crippen LogP contribution in [-0.4, -0.2) is 13.2 Å². The molecular weight excluding hydrogens is 112 g/mol. The van der Waals surface area contributed by atoms with Crippen molar-refractivity contribution in [2.45, 2.75) is 13.8 Å². The minimum atomic E-state index is 0.844. The van der Waals surface area contributed by atoms with E-state index in [1.54, 1.807) is 0 Å². The lowest BCUT2D eigenvalue weighted by Gasteiger charge is -1.86. The summed E-state index contributed by atoms with van der Waals surface area (Å²) in [5.41, 5.74) is 0. The van der Waals surface area contributed by atoms with Crippen molar-refractivity contribution >= 4 is 0 Å². The van der Waals surface area contributed by atoms with Crippen molar-refractivity contribution in [2.24, 2.45) is 0 Å². The van der Waals surface area contributed by atoms with Crippen LogP contribution in [0.2, 0.25) is 0 Å². The normalized spacial score (nSPS) is 5.11. The summed E-state index contributed by atoms with van der Waals surface area (Å²) in [4.78, 5) is 0. The molecule has 0 aliphatic rings. The lowest BCUT2D eigenvalue weighted by Crippen LogP contribution is -1.84. The zero-order valence-electron chi connectivity index (χ0n) is 6.13. The molecule has 0 aromatic rings. The van der Waals surface area contributed by atoms with Gasteiger partial charge in [-0.15, -0.1) is 25.7 Å². The Morgan fingerprint density at radius 1 is 0.889 bits per heavy atom. The van der Waals surface area contributed by atoms with E-state index in [9.17, 15) is 0 Å². The fourth-order valence-electron chi connectivity index (χ4n) is 0.204. The molecule has 1 heteroatoms. The Labute approximate surface area is 58.4 Å². The van der Waals surface area contributed by atoms with Gasteiger partial charge in [0.1, 0.15) is 0 Å². The summed E-state index contributed by atoms with van der Waals surface area (Å²) in [6.45, 7) is 5.67. The third-order valence-electron chi connectivity index (χ3n) is 0.408. The van der Waals surface area contributed by atoms with E-state index >= 15 is 0 Å². The van der Waals surface area contributed by atoms with Gasteiger partial charge in [0.05, 0.1) is 0 Å². The van der Waals surface area contributed by atoms with Crippen LogP contribution in [-0.2, 0) is 4.74 Å². The Kier molecular flexibility index (Phi) is 105. The second-order valence-electron chi connectivity index (χ2n) is 0.781. The van der Waals surface area contributed by atoms with Crippen molar-refractivity contribution < 1.29 is 4.74 Å². The average Bonchev–Trinajstić information content (AvgIpc) is 1.98. The first-order valence-electron chi connectivity index (χ1n) is 2.66. The molecule has 0 aromatic carbocycles. The van der Waals surface area contributed by atoms with Crippen molar-refractivity contribution in [3.05, 3.63) is 0 Å². The molecular formula is C8H14O. The number of rotatable bonds is 2. The van der Waals surface area contributed by atoms with Crippen LogP contribution in [0.4, 0.5) is 0 Å². The lowest BCUT2D eigenvalue weighted by molar-refractivity contribution is 0.162. The molecule has 0 aliphatic heterocycles. The first-order valence-corrected chi connectivity index (χ1v) is 2.66. The summed E-state index contributed by atoms with van der Waals surface area (Å²) in [5, 5.41) is 0. The number of terminal acetylenes is 2. The molecule has 0 saturated heterocycles. The first-order chi connectivity index (χ1) is 4.41. The molecule has 0 radical (unpaired) electrons. The molecule has 0 bridgehead atoms. The topological polar surface area (TPSA) is 9.23 Å². The largest absolute Gasteiger partial charge is 0.382 e. The van der Waals surface area contributed by atoms with Crippen LogP contribution in [0, 0.1) is 25.7 Å². The molecule has 0 heterocycles. The smallest absolute Gasteiger partial charge is 0.0437 e. The Morgan fingerprint density at radius 2 is 1.11 bits per heavy atom. The average molecular weight is 126 g/mol. The van der Waals surface area contributed by atoms with Crippen molar-refractivity contribution in [2.75, 3.05) is 13.2 Å². The van der Waals surface area contributed by atoms with Crippen LogP contribution in [0.1, 0.15) is 13.8 Å². The zero-order chi connectivity index (χ0) is 8.12. The molecule has 0 fully saturated rings. The highest BCUT2D eigenvalue weighted by molar-refractivity contribution is 4.47. The molecule has 0 saturated carbocycles. The predicted molar refractivity (Wildman–Crippen MR) is 41.9 cm³/mol. The number of hydrogen-bond donors (Lipinski definition) is 0. The van der Waals surface area contributed by atoms with E-state index in [1.807, 2.05) is 13.8 Å². The Bertz CT molecular complexity index is 44.1. The lowest BCUT2D eigenvalue weighted by atomic mass is 10.8. The summed E-state index contributed by atoms with van der Waals surface area (Å²) in [6, 6.07) is 0. The summed E-state index contributed by atoms with van der Waals surface area (Å²) in [7, 11) is 0. The molecule has 0 N–H and O–H groups in total. The second kappa shape index (κ2) is 60.5. The Hall–Kier alpha value is -0.920. The molecule has 0 aromatic heterocycles. The van der Waals surface area contributed by atoms with E-state index in [0.717, 1.165) is 13.2 Å². The van der Waals surface area contributed by atoms with Crippen LogP contribution in [0.5, 0.6) is 0 Å². The predicted octanol–water partition coefficient (Wildman–Crippen LogP) is 1.54. The third kappa shape index (κ3) is 157. The fourth-order valence-corrected chi connectivity index (χ4v) is 0.204. The van der Waals surface area contributed by atoms with Gasteiger partial charge in [0.2, 0.25) is 0 Å². The number of hydrogen-bond acceptors (Lipinski definition) is 1. The third-order valence-corrected chi connectivity index (χ3v) is 0.408. The fraction of sp³-hybridized carbons (Fsp3) is 0.500. The SMILES string of the molecule is C#C.C#C.CCOCC. The molecule has 0 rings (SSSR count). The van der Waals surface area contributed by atoms with Crippen molar-refractivity contribution in [1.29, 1.82) is 0 Å². The van der Waals surface area contributed by atoms with Crippen LogP contribution in [0.15, 0.2) is 0 Å². The van der Waals surface area contributed by atoms with Crippen LogP contribution < -0.4 is 0 Å². The summed E-state index contributed by atoms with van der Waals surface area (Å²) >= 11 is 0. The van der Waals surface area contributed by atoms with Crippen molar-refractivity contribution in [3.63, 3.8) is 0 Å². The van der Waals surface area contributed by atoms with Gasteiger partial charge in [0.15, 0.2) is 0 Å². The van der Waals surface area contributed by atoms with E-state index in [1.165, 1.54) is 0 Å². The summed E-state index contributed by atoms with van der Waals surface area (Å²) in [5.74, 6) is 0. The van der Waals surface area contributed by atoms with Gasteiger partial charge < -0.3 is 4.74 Å². The zero-order valence-corrected chi connectivity index (χ0v) is 6.13. The maximum absolute atomic E-state index is 4.83. The first kappa shape index (κ1) is 15.7. The highest BCUT2D eigenvalue weighted by Gasteiger charge is 1.64. The van der Waals surface area contributed by atoms with Crippen LogP contribution in [0.3, 0.4) is 0 Å². The van der Waals surface area contributed by atoms with Gasteiger partial charge in [-0.25, -0.2) is 0 Å². The van der Waals surface area contributed by atoms with E-state index in [2.05, 4.69) is 25.7 Å². The molecule has 0 unspecified atom stereocenters. The second-order valence-corrected chi connectivity index (χ2v) is 0.781. The van der Waals surface area contributed by atoms with Gasteiger partial charge in [-0.1, -0.05) is 0 Å². The van der Waals surface area contributed by atoms with Crippen LogP contribution in [0.25, 0.3) is 0 Å². The maximum Gasteiger partial charge on any atom is 0.0437 e. The molecule has 9 heavy (non-hydrogen) atoms. The minimum absolute atomic E-state index is 0.844. The standard InChI is InChI=1S/C4H10O.2C2H2/c1-3-5-4-2;2*1-2/h3-4H2,1-2H3;2*1-2H. The van der Waals surface area contributed by atoms with Crippen LogP contribution >= 0.6 is 0 Å². The van der Waals surface area contributed by atoms with Gasteiger partial charge in [-0.3, -0.25) is 0 Å². The van der Waals surface area contributed by atoms with Gasteiger partial charge in [-0.05, 0) is 13.8 Å². The van der Waals surface area contributed by atoms with Gasteiger partial charge in [-0.2, -0.15) is 0 Å². The van der Waals surface area contributed by atoms with E-state index in [-0.39, 0.29) is 0 Å². The van der Waals surface area contributed by atoms with E-state index in [0.29, 0.717) is 0 Å². The number of ether oxygens (including phenoxy) is 1. The maximum atomic E-state index is 4.83. The van der Waals surface area contributed by atoms with Gasteiger partial charge in [0, 0.05) is 13.2 Å². The highest BCUT2D eigenvalue weighted by atomic mass is 16.5. The molecule has 52 valence electrons. The summed E-state index contributed by atoms with van der Waals surface area (Å²) in [6.07, 6.45) is 16.0. The van der Waals surface area contributed by atoms with E-state index in [4.69, 9.17) is 4.74 Å². The molecule has 0 atom stereocenters. The van der Waals surface area contributed by atoms with E-state index < -0.39 is 0 Å². The van der Waals surface area contributed by atoms with Gasteiger partial charge >= 0.3 is 0 Å². The van der Waals surface area contributed by atoms with Gasteiger partial charge in [0.25, 0.3) is 0 Å². The Morgan fingerprint density at radius 3 is 1.11 bits per heavy atom. The highest BCUT2D eigenvalue weighted by Crippen LogP contribution is 1.64.